The van der Waals surface area contributed by atoms with Crippen LogP contribution in [0.2, 0.25) is 0 Å². The summed E-state index contributed by atoms with van der Waals surface area (Å²) in [4.78, 5) is 17.1. The lowest BCUT2D eigenvalue weighted by molar-refractivity contribution is 0.0900. The predicted octanol–water partition coefficient (Wildman–Crippen LogP) is 5.26. The van der Waals surface area contributed by atoms with Gasteiger partial charge in [0, 0.05) is 28.0 Å². The molecule has 1 aromatic rings. The Morgan fingerprint density at radius 2 is 1.65 bits per heavy atom. The van der Waals surface area contributed by atoms with Gasteiger partial charge in [-0.2, -0.15) is 0 Å². The molecule has 1 fully saturated rings. The molecule has 0 radical (unpaired) electrons. The zero-order valence-corrected chi connectivity index (χ0v) is 18.6. The third-order valence-electron chi connectivity index (χ3n) is 5.72. The summed E-state index contributed by atoms with van der Waals surface area (Å²) in [5.74, 6) is 0.372. The molecule has 0 aromatic carbocycles. The molecule has 1 atom stereocenters. The molecule has 2 N–H and O–H groups in total. The van der Waals surface area contributed by atoms with Gasteiger partial charge in [-0.25, -0.2) is 0 Å². The Morgan fingerprint density at radius 3 is 2.26 bits per heavy atom. The summed E-state index contributed by atoms with van der Waals surface area (Å²) in [5.41, 5.74) is 1.54. The van der Waals surface area contributed by atoms with Gasteiger partial charge < -0.3 is 10.3 Å². The Kier molecular flexibility index (Phi) is 10.4. The van der Waals surface area contributed by atoms with E-state index in [2.05, 4.69) is 36.6 Å². The summed E-state index contributed by atoms with van der Waals surface area (Å²) in [6, 6.07) is -0.317. The Hall–Kier alpha value is -3.07. The van der Waals surface area contributed by atoms with E-state index >= 15 is 0 Å². The van der Waals surface area contributed by atoms with Gasteiger partial charge in [0.15, 0.2) is 5.78 Å². The van der Waals surface area contributed by atoms with Gasteiger partial charge in [-0.15, -0.1) is 0 Å². The average molecular weight is 417 g/mol. The van der Waals surface area contributed by atoms with E-state index in [1.165, 1.54) is 19.3 Å². The van der Waals surface area contributed by atoms with Crippen molar-refractivity contribution in [2.45, 2.75) is 51.0 Å². The number of aromatic amines is 1. The fourth-order valence-corrected chi connectivity index (χ4v) is 4.22. The largest absolute Gasteiger partial charge is 0.375 e. The molecule has 164 valence electrons. The monoisotopic (exact) mass is 416 g/mol. The van der Waals surface area contributed by atoms with E-state index in [4.69, 9.17) is 0 Å². The summed E-state index contributed by atoms with van der Waals surface area (Å²) < 4.78 is 0. The summed E-state index contributed by atoms with van der Waals surface area (Å²) >= 11 is 0. The highest BCUT2D eigenvalue weighted by atomic mass is 16.1. The maximum Gasteiger partial charge on any atom is 0.187 e. The zero-order chi connectivity index (χ0) is 22.5. The lowest BCUT2D eigenvalue weighted by atomic mass is 9.82. The second-order valence-corrected chi connectivity index (χ2v) is 7.88. The number of hydrogen-bond donors (Lipinski definition) is 2. The first kappa shape index (κ1) is 24.2. The average Bonchev–Trinajstić information content (AvgIpc) is 3.13. The maximum atomic E-state index is 13.9. The molecule has 0 spiro atoms. The standard InChI is InChI=1S/C28H36N2O/c1-5-9-20-23(15-6-2)30-27(22-18-13-11-10-12-14-19-22)28(31)25-21-29-26(17-8-4)24(25)16-7-3/h5-9,15-17,20-22,27,29-30H,1-4,10-14,18-19H2/b20-9-,23-15+,24-16-,26-17+. The molecule has 0 aliphatic heterocycles. The second-order valence-electron chi connectivity index (χ2n) is 7.88. The molecule has 3 nitrogen and oxygen atoms in total. The fraction of sp³-hybridized carbons (Fsp3) is 0.321. The van der Waals surface area contributed by atoms with E-state index in [0.717, 1.165) is 41.9 Å². The van der Waals surface area contributed by atoms with E-state index in [-0.39, 0.29) is 17.7 Å². The molecule has 2 rings (SSSR count). The predicted molar refractivity (Wildman–Crippen MR) is 134 cm³/mol. The topological polar surface area (TPSA) is 44.9 Å². The van der Waals surface area contributed by atoms with E-state index in [9.17, 15) is 4.79 Å². The highest BCUT2D eigenvalue weighted by Gasteiger charge is 2.30. The van der Waals surface area contributed by atoms with Gasteiger partial charge in [0.2, 0.25) is 0 Å². The first-order chi connectivity index (χ1) is 15.2. The van der Waals surface area contributed by atoms with E-state index in [1.54, 1.807) is 30.5 Å². The van der Waals surface area contributed by atoms with Crippen LogP contribution in [0.5, 0.6) is 0 Å². The number of allylic oxidation sites excluding steroid dienone is 7. The molecule has 1 aliphatic rings. The highest BCUT2D eigenvalue weighted by Crippen LogP contribution is 2.27. The molecule has 0 saturated heterocycles. The van der Waals surface area contributed by atoms with Crippen LogP contribution in [0.3, 0.4) is 0 Å². The van der Waals surface area contributed by atoms with Crippen molar-refractivity contribution in [3.63, 3.8) is 0 Å². The molecule has 3 heteroatoms. The molecular weight excluding hydrogens is 380 g/mol. The summed E-state index contributed by atoms with van der Waals surface area (Å²) in [6.45, 7) is 15.2. The number of hydrogen-bond acceptors (Lipinski definition) is 2. The Balaban J connectivity index is 2.52. The van der Waals surface area contributed by atoms with Gasteiger partial charge in [-0.1, -0.05) is 94.9 Å². The molecule has 1 unspecified atom stereocenters. The highest BCUT2D eigenvalue weighted by molar-refractivity contribution is 6.01. The van der Waals surface area contributed by atoms with Crippen LogP contribution in [-0.2, 0) is 0 Å². The third kappa shape index (κ3) is 6.99. The molecule has 1 heterocycles. The number of ketones is 1. The molecule has 0 bridgehead atoms. The van der Waals surface area contributed by atoms with Gasteiger partial charge in [-0.05, 0) is 37.0 Å². The lowest BCUT2D eigenvalue weighted by Gasteiger charge is -2.29. The molecule has 1 saturated carbocycles. The smallest absolute Gasteiger partial charge is 0.187 e. The van der Waals surface area contributed by atoms with E-state index in [0.29, 0.717) is 5.56 Å². The number of carbonyl (C=O) groups is 1. The molecule has 1 aliphatic carbocycles. The Bertz CT molecular complexity index is 950. The van der Waals surface area contributed by atoms with Crippen LogP contribution in [0.4, 0.5) is 0 Å². The molecule has 1 aromatic heterocycles. The van der Waals surface area contributed by atoms with E-state index in [1.807, 2.05) is 30.4 Å². The lowest BCUT2D eigenvalue weighted by Crippen LogP contribution is -2.44. The molecular formula is C28H36N2O. The van der Waals surface area contributed by atoms with Crippen molar-refractivity contribution in [1.29, 1.82) is 0 Å². The minimum Gasteiger partial charge on any atom is -0.375 e. The number of nitrogens with one attached hydrogen (secondary N) is 2. The number of Topliss-reactive ketones (excluding diaryl/α,β-unsaturated/α-hetero) is 1. The van der Waals surface area contributed by atoms with Crippen molar-refractivity contribution in [2.24, 2.45) is 5.92 Å². The first-order valence-corrected chi connectivity index (χ1v) is 11.2. The quantitative estimate of drug-likeness (QED) is 0.404. The van der Waals surface area contributed by atoms with Gasteiger partial charge >= 0.3 is 0 Å². The summed E-state index contributed by atoms with van der Waals surface area (Å²) in [5, 5.41) is 5.26. The van der Waals surface area contributed by atoms with Crippen molar-refractivity contribution in [1.82, 2.24) is 10.3 Å². The van der Waals surface area contributed by atoms with Crippen LogP contribution < -0.4 is 15.9 Å². The van der Waals surface area contributed by atoms with Crippen LogP contribution >= 0.6 is 0 Å². The van der Waals surface area contributed by atoms with Crippen LogP contribution in [0, 0.1) is 5.92 Å². The van der Waals surface area contributed by atoms with Crippen molar-refractivity contribution >= 4 is 17.9 Å². The van der Waals surface area contributed by atoms with Crippen molar-refractivity contribution < 1.29 is 4.79 Å². The van der Waals surface area contributed by atoms with Gasteiger partial charge in [-0.3, -0.25) is 4.79 Å². The maximum absolute atomic E-state index is 13.9. The van der Waals surface area contributed by atoms with Gasteiger partial charge in [0.05, 0.1) is 6.04 Å². The SMILES string of the molecule is C=C/C=C\C(=C/C=C)NC(C(=O)c1c[nH]c(=C/C=C)/c1=C\C=C)C1CCCCCCC1. The van der Waals surface area contributed by atoms with Crippen molar-refractivity contribution in [3.8, 4) is 0 Å². The zero-order valence-electron chi connectivity index (χ0n) is 18.6. The number of H-pyrrole nitrogens is 1. The summed E-state index contributed by atoms with van der Waals surface area (Å²) in [7, 11) is 0. The van der Waals surface area contributed by atoms with Crippen molar-refractivity contribution in [2.75, 3.05) is 0 Å². The van der Waals surface area contributed by atoms with Crippen LogP contribution in [0.15, 0.2) is 80.7 Å². The van der Waals surface area contributed by atoms with Crippen LogP contribution in [0.25, 0.3) is 12.2 Å². The third-order valence-corrected chi connectivity index (χ3v) is 5.72. The molecule has 31 heavy (non-hydrogen) atoms. The molecule has 0 amide bonds. The normalized spacial score (nSPS) is 18.3. The van der Waals surface area contributed by atoms with Gasteiger partial charge in [0.1, 0.15) is 0 Å². The van der Waals surface area contributed by atoms with Crippen LogP contribution in [-0.4, -0.2) is 16.8 Å². The fourth-order valence-electron chi connectivity index (χ4n) is 4.22. The van der Waals surface area contributed by atoms with Gasteiger partial charge in [0.25, 0.3) is 0 Å². The van der Waals surface area contributed by atoms with E-state index < -0.39 is 0 Å². The minimum absolute atomic E-state index is 0.0978. The van der Waals surface area contributed by atoms with Crippen molar-refractivity contribution in [3.05, 3.63) is 96.9 Å². The number of rotatable bonds is 10. The number of aromatic nitrogens is 1. The Morgan fingerprint density at radius 1 is 0.968 bits per heavy atom. The summed E-state index contributed by atoms with van der Waals surface area (Å²) in [6.07, 6.45) is 26.3. The minimum atomic E-state index is -0.317. The van der Waals surface area contributed by atoms with Crippen LogP contribution in [0.1, 0.15) is 55.3 Å². The Labute approximate surface area is 187 Å². The first-order valence-electron chi connectivity index (χ1n) is 11.2. The number of carbonyl (C=O) groups excluding carboxylic acids is 1. The second kappa shape index (κ2) is 13.3.